The summed E-state index contributed by atoms with van der Waals surface area (Å²) in [4.78, 5) is 11.6. The average molecular weight is 348 g/mol. The predicted octanol–water partition coefficient (Wildman–Crippen LogP) is 2.32. The van der Waals surface area contributed by atoms with E-state index in [4.69, 9.17) is 4.74 Å². The first kappa shape index (κ1) is 17.8. The fourth-order valence-corrected chi connectivity index (χ4v) is 2.37. The zero-order chi connectivity index (χ0) is 17.4. The number of sulfone groups is 1. The fraction of sp³-hybridized carbons (Fsp3) is 0.235. The van der Waals surface area contributed by atoms with Gasteiger partial charge in [-0.15, -0.1) is 0 Å². The quantitative estimate of drug-likeness (QED) is 0.804. The first-order chi connectivity index (χ1) is 11.4. The Labute approximate surface area is 141 Å². The predicted molar refractivity (Wildman–Crippen MR) is 92.9 cm³/mol. The number of benzene rings is 2. The minimum Gasteiger partial charge on any atom is -0.457 e. The van der Waals surface area contributed by atoms with Crippen LogP contribution >= 0.6 is 0 Å². The highest BCUT2D eigenvalue weighted by Crippen LogP contribution is 2.20. The summed E-state index contributed by atoms with van der Waals surface area (Å²) in [6, 6.07) is 16.4. The van der Waals surface area contributed by atoms with Crippen molar-refractivity contribution in [3.8, 4) is 11.5 Å². The molecule has 2 aromatic rings. The van der Waals surface area contributed by atoms with Crippen LogP contribution in [0.15, 0.2) is 54.6 Å². The fourth-order valence-electron chi connectivity index (χ4n) is 1.89. The number of carbonyl (C=O) groups is 1. The molecule has 0 heterocycles. The summed E-state index contributed by atoms with van der Waals surface area (Å²) in [6.45, 7) is 0.435. The number of amides is 2. The first-order valence-corrected chi connectivity index (χ1v) is 9.50. The number of hydrogen-bond donors (Lipinski definition) is 2. The highest BCUT2D eigenvalue weighted by molar-refractivity contribution is 7.90. The van der Waals surface area contributed by atoms with Gasteiger partial charge in [-0.2, -0.15) is 0 Å². The van der Waals surface area contributed by atoms with Gasteiger partial charge in [0.05, 0.1) is 5.75 Å². The highest BCUT2D eigenvalue weighted by Gasteiger charge is 2.04. The van der Waals surface area contributed by atoms with Gasteiger partial charge in [-0.05, 0) is 29.8 Å². The Kier molecular flexibility index (Phi) is 6.20. The van der Waals surface area contributed by atoms with Crippen LogP contribution in [0.5, 0.6) is 11.5 Å². The number of para-hydroxylation sites is 1. The summed E-state index contributed by atoms with van der Waals surface area (Å²) in [6.07, 6.45) is 1.13. The lowest BCUT2D eigenvalue weighted by Crippen LogP contribution is -2.37. The van der Waals surface area contributed by atoms with Crippen molar-refractivity contribution < 1.29 is 17.9 Å². The molecule has 24 heavy (non-hydrogen) atoms. The van der Waals surface area contributed by atoms with Crippen LogP contribution in [-0.4, -0.2) is 33.0 Å². The van der Waals surface area contributed by atoms with Gasteiger partial charge >= 0.3 is 6.03 Å². The van der Waals surface area contributed by atoms with Gasteiger partial charge in [0.15, 0.2) is 0 Å². The molecule has 0 unspecified atom stereocenters. The van der Waals surface area contributed by atoms with Crippen molar-refractivity contribution in [1.29, 1.82) is 0 Å². The number of hydrogen-bond acceptors (Lipinski definition) is 4. The van der Waals surface area contributed by atoms with Crippen molar-refractivity contribution in [3.63, 3.8) is 0 Å². The SMILES string of the molecule is CS(=O)(=O)CCNC(=O)NCc1ccc(Oc2ccccc2)cc1. The molecular weight excluding hydrogens is 328 g/mol. The highest BCUT2D eigenvalue weighted by atomic mass is 32.2. The Morgan fingerprint density at radius 3 is 2.21 bits per heavy atom. The van der Waals surface area contributed by atoms with Crippen molar-refractivity contribution in [2.24, 2.45) is 0 Å². The third kappa shape index (κ3) is 6.70. The van der Waals surface area contributed by atoms with Crippen LogP contribution in [0.4, 0.5) is 4.79 Å². The minimum atomic E-state index is -3.07. The van der Waals surface area contributed by atoms with Crippen LogP contribution in [0.1, 0.15) is 5.56 Å². The summed E-state index contributed by atoms with van der Waals surface area (Å²) in [7, 11) is -3.07. The molecule has 2 N–H and O–H groups in total. The van der Waals surface area contributed by atoms with Gasteiger partial charge in [0.2, 0.25) is 0 Å². The normalized spacial score (nSPS) is 10.9. The maximum absolute atomic E-state index is 11.6. The summed E-state index contributed by atoms with van der Waals surface area (Å²) < 4.78 is 27.6. The number of urea groups is 1. The Hall–Kier alpha value is -2.54. The zero-order valence-corrected chi connectivity index (χ0v) is 14.2. The number of ether oxygens (including phenoxy) is 1. The number of nitrogens with one attached hydrogen (secondary N) is 2. The van der Waals surface area contributed by atoms with Gasteiger partial charge in [-0.1, -0.05) is 30.3 Å². The Bertz CT molecular complexity index is 759. The lowest BCUT2D eigenvalue weighted by Gasteiger charge is -2.09. The third-order valence-corrected chi connectivity index (χ3v) is 4.06. The molecule has 7 heteroatoms. The summed E-state index contributed by atoms with van der Waals surface area (Å²) >= 11 is 0. The van der Waals surface area contributed by atoms with Gasteiger partial charge in [0, 0.05) is 19.3 Å². The molecule has 6 nitrogen and oxygen atoms in total. The molecule has 0 spiro atoms. The second kappa shape index (κ2) is 8.35. The van der Waals surface area contributed by atoms with Crippen molar-refractivity contribution >= 4 is 15.9 Å². The maximum Gasteiger partial charge on any atom is 0.315 e. The standard InChI is InChI=1S/C17H20N2O4S/c1-24(21,22)12-11-18-17(20)19-13-14-7-9-16(10-8-14)23-15-5-3-2-4-6-15/h2-10H,11-13H2,1H3,(H2,18,19,20). The topological polar surface area (TPSA) is 84.5 Å². The third-order valence-electron chi connectivity index (χ3n) is 3.11. The molecule has 0 fully saturated rings. The Morgan fingerprint density at radius 2 is 1.58 bits per heavy atom. The lowest BCUT2D eigenvalue weighted by atomic mass is 10.2. The van der Waals surface area contributed by atoms with E-state index in [1.54, 1.807) is 0 Å². The van der Waals surface area contributed by atoms with E-state index in [9.17, 15) is 13.2 Å². The molecule has 0 saturated heterocycles. The second-order valence-electron chi connectivity index (χ2n) is 5.30. The van der Waals surface area contributed by atoms with E-state index in [-0.39, 0.29) is 12.3 Å². The van der Waals surface area contributed by atoms with E-state index in [1.807, 2.05) is 54.6 Å². The van der Waals surface area contributed by atoms with E-state index < -0.39 is 15.9 Å². The monoisotopic (exact) mass is 348 g/mol. The second-order valence-corrected chi connectivity index (χ2v) is 7.56. The maximum atomic E-state index is 11.6. The van der Waals surface area contributed by atoms with Crippen molar-refractivity contribution in [2.75, 3.05) is 18.6 Å². The molecule has 2 rings (SSSR count). The van der Waals surface area contributed by atoms with Crippen LogP contribution in [-0.2, 0) is 16.4 Å². The molecule has 0 saturated carbocycles. The molecule has 0 radical (unpaired) electrons. The van der Waals surface area contributed by atoms with Gasteiger partial charge in [0.25, 0.3) is 0 Å². The summed E-state index contributed by atoms with van der Waals surface area (Å²) in [5, 5.41) is 5.17. The zero-order valence-electron chi connectivity index (χ0n) is 13.4. The average Bonchev–Trinajstić information content (AvgIpc) is 2.54. The molecule has 0 aliphatic rings. The number of carbonyl (C=O) groups excluding carboxylic acids is 1. The molecule has 0 aliphatic heterocycles. The van der Waals surface area contributed by atoms with E-state index in [2.05, 4.69) is 10.6 Å². The van der Waals surface area contributed by atoms with E-state index in [1.165, 1.54) is 0 Å². The summed E-state index contributed by atoms with van der Waals surface area (Å²) in [5.74, 6) is 1.39. The molecule has 0 aliphatic carbocycles. The van der Waals surface area contributed by atoms with Crippen molar-refractivity contribution in [2.45, 2.75) is 6.54 Å². The molecule has 2 amide bonds. The van der Waals surface area contributed by atoms with Crippen LogP contribution in [0.2, 0.25) is 0 Å². The Balaban J connectivity index is 1.76. The van der Waals surface area contributed by atoms with Crippen molar-refractivity contribution in [3.05, 3.63) is 60.2 Å². The number of rotatable bonds is 7. The van der Waals surface area contributed by atoms with Crippen LogP contribution in [0.3, 0.4) is 0 Å². The van der Waals surface area contributed by atoms with Gasteiger partial charge in [-0.25, -0.2) is 13.2 Å². The molecule has 2 aromatic carbocycles. The lowest BCUT2D eigenvalue weighted by molar-refractivity contribution is 0.241. The van der Waals surface area contributed by atoms with E-state index >= 15 is 0 Å². The molecule has 128 valence electrons. The van der Waals surface area contributed by atoms with E-state index in [0.29, 0.717) is 12.3 Å². The molecule has 0 bridgehead atoms. The van der Waals surface area contributed by atoms with Gasteiger partial charge < -0.3 is 15.4 Å². The summed E-state index contributed by atoms with van der Waals surface area (Å²) in [5.41, 5.74) is 0.911. The van der Waals surface area contributed by atoms with Crippen LogP contribution < -0.4 is 15.4 Å². The van der Waals surface area contributed by atoms with E-state index in [0.717, 1.165) is 17.6 Å². The van der Waals surface area contributed by atoms with Gasteiger partial charge in [0.1, 0.15) is 21.3 Å². The van der Waals surface area contributed by atoms with Crippen LogP contribution in [0, 0.1) is 0 Å². The first-order valence-electron chi connectivity index (χ1n) is 7.44. The smallest absolute Gasteiger partial charge is 0.315 e. The van der Waals surface area contributed by atoms with Crippen LogP contribution in [0.25, 0.3) is 0 Å². The molecular formula is C17H20N2O4S. The van der Waals surface area contributed by atoms with Crippen molar-refractivity contribution in [1.82, 2.24) is 10.6 Å². The largest absolute Gasteiger partial charge is 0.457 e. The molecule has 0 aromatic heterocycles. The van der Waals surface area contributed by atoms with Gasteiger partial charge in [-0.3, -0.25) is 0 Å². The minimum absolute atomic E-state index is 0.0774. The molecule has 0 atom stereocenters. The Morgan fingerprint density at radius 1 is 0.958 bits per heavy atom.